The van der Waals surface area contributed by atoms with Gasteiger partial charge in [-0.3, -0.25) is 9.59 Å². The molecule has 3 rings (SSSR count). The van der Waals surface area contributed by atoms with Crippen molar-refractivity contribution in [1.29, 1.82) is 5.26 Å². The maximum absolute atomic E-state index is 13.8. The summed E-state index contributed by atoms with van der Waals surface area (Å²) >= 11 is 0. The summed E-state index contributed by atoms with van der Waals surface area (Å²) in [5.74, 6) is -1.15. The van der Waals surface area contributed by atoms with Crippen LogP contribution in [0.4, 0.5) is 10.1 Å². The van der Waals surface area contributed by atoms with Crippen molar-refractivity contribution in [2.45, 2.75) is 38.1 Å². The third-order valence-corrected chi connectivity index (χ3v) is 4.76. The number of hydrogen-bond donors (Lipinski definition) is 1. The lowest BCUT2D eigenvalue weighted by molar-refractivity contribution is -0.131. The third kappa shape index (κ3) is 2.67. The first-order valence-electron chi connectivity index (χ1n) is 7.85. The van der Waals surface area contributed by atoms with E-state index in [2.05, 4.69) is 11.4 Å². The zero-order valence-electron chi connectivity index (χ0n) is 12.7. The van der Waals surface area contributed by atoms with Crippen LogP contribution in [0.2, 0.25) is 0 Å². The molecule has 1 saturated carbocycles. The first kappa shape index (κ1) is 15.5. The quantitative estimate of drug-likeness (QED) is 0.928. The van der Waals surface area contributed by atoms with Crippen LogP contribution in [-0.4, -0.2) is 24.4 Å². The normalized spacial score (nSPS) is 22.9. The zero-order valence-corrected chi connectivity index (χ0v) is 12.7. The molecule has 2 fully saturated rings. The molecule has 0 radical (unpaired) electrons. The van der Waals surface area contributed by atoms with Crippen LogP contribution in [0.1, 0.15) is 32.1 Å². The molecular formula is C17H18FN3O2. The maximum Gasteiger partial charge on any atom is 0.249 e. The van der Waals surface area contributed by atoms with Gasteiger partial charge in [-0.25, -0.2) is 4.39 Å². The Morgan fingerprint density at radius 1 is 1.35 bits per heavy atom. The van der Waals surface area contributed by atoms with Crippen molar-refractivity contribution in [2.24, 2.45) is 5.41 Å². The molecule has 2 amide bonds. The molecule has 1 N–H and O–H groups in total. The number of nitriles is 1. The number of carbonyl (C=O) groups excluding carboxylic acids is 2. The molecule has 23 heavy (non-hydrogen) atoms. The van der Waals surface area contributed by atoms with Gasteiger partial charge < -0.3 is 10.2 Å². The summed E-state index contributed by atoms with van der Waals surface area (Å²) in [6.45, 7) is 0.351. The van der Waals surface area contributed by atoms with E-state index in [0.717, 1.165) is 12.8 Å². The second kappa shape index (κ2) is 5.99. The highest BCUT2D eigenvalue weighted by atomic mass is 19.1. The van der Waals surface area contributed by atoms with Gasteiger partial charge in [-0.05, 0) is 31.4 Å². The fourth-order valence-electron chi connectivity index (χ4n) is 3.39. The third-order valence-electron chi connectivity index (χ3n) is 4.76. The van der Waals surface area contributed by atoms with Crippen molar-refractivity contribution in [3.05, 3.63) is 30.1 Å². The number of para-hydroxylation sites is 1. The number of halogens is 1. The molecular weight excluding hydrogens is 297 g/mol. The Morgan fingerprint density at radius 2 is 2.04 bits per heavy atom. The van der Waals surface area contributed by atoms with Crippen molar-refractivity contribution < 1.29 is 14.0 Å². The van der Waals surface area contributed by atoms with E-state index >= 15 is 0 Å². The molecule has 0 spiro atoms. The molecule has 1 aromatic carbocycles. The van der Waals surface area contributed by atoms with E-state index in [1.54, 1.807) is 18.2 Å². The summed E-state index contributed by atoms with van der Waals surface area (Å²) in [5, 5.41) is 12.0. The van der Waals surface area contributed by atoms with Gasteiger partial charge in [-0.1, -0.05) is 25.0 Å². The lowest BCUT2D eigenvalue weighted by atomic mass is 9.86. The van der Waals surface area contributed by atoms with Gasteiger partial charge in [0.15, 0.2) is 0 Å². The van der Waals surface area contributed by atoms with Crippen LogP contribution < -0.4 is 10.2 Å². The lowest BCUT2D eigenvalue weighted by Gasteiger charge is -2.22. The smallest absolute Gasteiger partial charge is 0.249 e. The fourth-order valence-corrected chi connectivity index (χ4v) is 3.39. The van der Waals surface area contributed by atoms with Gasteiger partial charge in [0.05, 0.1) is 11.8 Å². The predicted octanol–water partition coefficient (Wildman–Crippen LogP) is 2.13. The monoisotopic (exact) mass is 315 g/mol. The highest BCUT2D eigenvalue weighted by Gasteiger charge is 2.44. The topological polar surface area (TPSA) is 73.2 Å². The average Bonchev–Trinajstić information content (AvgIpc) is 3.17. The molecule has 6 heteroatoms. The van der Waals surface area contributed by atoms with Gasteiger partial charge in [0.2, 0.25) is 11.8 Å². The summed E-state index contributed by atoms with van der Waals surface area (Å²) in [6, 6.07) is 7.52. The molecule has 0 unspecified atom stereocenters. The van der Waals surface area contributed by atoms with Crippen molar-refractivity contribution >= 4 is 17.5 Å². The zero-order chi connectivity index (χ0) is 16.4. The lowest BCUT2D eigenvalue weighted by Crippen LogP contribution is -2.47. The second-order valence-electron chi connectivity index (χ2n) is 6.16. The van der Waals surface area contributed by atoms with Gasteiger partial charge >= 0.3 is 0 Å². The van der Waals surface area contributed by atoms with Crippen molar-refractivity contribution in [1.82, 2.24) is 5.32 Å². The Balaban J connectivity index is 1.72. The Bertz CT molecular complexity index is 677. The number of nitrogens with one attached hydrogen (secondary N) is 1. The van der Waals surface area contributed by atoms with E-state index in [4.69, 9.17) is 0 Å². The molecule has 0 bridgehead atoms. The summed E-state index contributed by atoms with van der Waals surface area (Å²) in [7, 11) is 0. The molecule has 1 aromatic rings. The van der Waals surface area contributed by atoms with Crippen LogP contribution in [0.15, 0.2) is 24.3 Å². The largest absolute Gasteiger partial charge is 0.343 e. The highest BCUT2D eigenvalue weighted by molar-refractivity contribution is 6.02. The molecule has 2 aliphatic rings. The predicted molar refractivity (Wildman–Crippen MR) is 81.8 cm³/mol. The first-order chi connectivity index (χ1) is 11.1. The number of amides is 2. The van der Waals surface area contributed by atoms with Gasteiger partial charge in [-0.15, -0.1) is 0 Å². The van der Waals surface area contributed by atoms with Crippen molar-refractivity contribution in [2.75, 3.05) is 11.4 Å². The van der Waals surface area contributed by atoms with E-state index in [0.29, 0.717) is 25.8 Å². The molecule has 1 heterocycles. The number of benzene rings is 1. The number of nitrogens with zero attached hydrogens (tertiary/aromatic N) is 2. The molecule has 1 aliphatic heterocycles. The van der Waals surface area contributed by atoms with E-state index in [-0.39, 0.29) is 17.5 Å². The molecule has 1 saturated heterocycles. The van der Waals surface area contributed by atoms with Gasteiger partial charge in [0, 0.05) is 6.54 Å². The maximum atomic E-state index is 13.8. The van der Waals surface area contributed by atoms with E-state index in [1.807, 2.05) is 0 Å². The Morgan fingerprint density at radius 3 is 2.70 bits per heavy atom. The Kier molecular flexibility index (Phi) is 4.03. The minimum atomic E-state index is -1.01. The highest BCUT2D eigenvalue weighted by Crippen LogP contribution is 2.38. The molecule has 120 valence electrons. The molecule has 1 aliphatic carbocycles. The van der Waals surface area contributed by atoms with E-state index < -0.39 is 17.3 Å². The minimum absolute atomic E-state index is 0.227. The second-order valence-corrected chi connectivity index (χ2v) is 6.16. The minimum Gasteiger partial charge on any atom is -0.343 e. The van der Waals surface area contributed by atoms with Crippen LogP contribution in [0.5, 0.6) is 0 Å². The van der Waals surface area contributed by atoms with Crippen LogP contribution >= 0.6 is 0 Å². The first-order valence-corrected chi connectivity index (χ1v) is 7.85. The molecule has 1 atom stereocenters. The number of carbonyl (C=O) groups is 2. The summed E-state index contributed by atoms with van der Waals surface area (Å²) in [5.41, 5.74) is -0.781. The van der Waals surface area contributed by atoms with Gasteiger partial charge in [-0.2, -0.15) is 5.26 Å². The molecule has 0 aromatic heterocycles. The van der Waals surface area contributed by atoms with Gasteiger partial charge in [0.1, 0.15) is 17.3 Å². The van der Waals surface area contributed by atoms with Crippen molar-refractivity contribution in [3.63, 3.8) is 0 Å². The van der Waals surface area contributed by atoms with Crippen LogP contribution in [0.3, 0.4) is 0 Å². The number of anilines is 1. The summed E-state index contributed by atoms with van der Waals surface area (Å²) in [4.78, 5) is 26.2. The fraction of sp³-hybridized carbons (Fsp3) is 0.471. The van der Waals surface area contributed by atoms with Crippen LogP contribution in [0.25, 0.3) is 0 Å². The SMILES string of the molecule is N#CC1(C(=O)N[C@H]2CCN(c3ccccc3F)C2=O)CCCC1. The van der Waals surface area contributed by atoms with E-state index in [1.165, 1.54) is 11.0 Å². The van der Waals surface area contributed by atoms with Gasteiger partial charge in [0.25, 0.3) is 0 Å². The van der Waals surface area contributed by atoms with Crippen LogP contribution in [-0.2, 0) is 9.59 Å². The number of hydrogen-bond acceptors (Lipinski definition) is 3. The van der Waals surface area contributed by atoms with Crippen LogP contribution in [0, 0.1) is 22.6 Å². The standard InChI is InChI=1S/C17H18FN3O2/c18-12-5-1-2-6-14(12)21-10-7-13(15(21)22)20-16(23)17(11-19)8-3-4-9-17/h1-2,5-6,13H,3-4,7-10H2,(H,20,23)/t13-/m0/s1. The molecule has 5 nitrogen and oxygen atoms in total. The van der Waals surface area contributed by atoms with Crippen molar-refractivity contribution in [3.8, 4) is 6.07 Å². The summed E-state index contributed by atoms with van der Waals surface area (Å²) < 4.78 is 13.8. The van der Waals surface area contributed by atoms with E-state index in [9.17, 15) is 19.2 Å². The number of rotatable bonds is 3. The Hall–Kier alpha value is -2.42. The Labute approximate surface area is 134 Å². The average molecular weight is 315 g/mol. The summed E-state index contributed by atoms with van der Waals surface area (Å²) in [6.07, 6.45) is 3.18.